The Bertz CT molecular complexity index is 745. The second kappa shape index (κ2) is 18.4. The third kappa shape index (κ3) is 15.4. The summed E-state index contributed by atoms with van der Waals surface area (Å²) in [4.78, 5) is 45.6. The molecule has 0 spiro atoms. The molecule has 0 radical (unpaired) electrons. The molecule has 2 fully saturated rings. The number of hydrogen-bond donors (Lipinski definition) is 1. The lowest BCUT2D eigenvalue weighted by molar-refractivity contribution is -0.135. The van der Waals surface area contributed by atoms with Crippen LogP contribution >= 0.6 is 0 Å². The van der Waals surface area contributed by atoms with Gasteiger partial charge in [0, 0.05) is 32.6 Å². The van der Waals surface area contributed by atoms with E-state index in [0.29, 0.717) is 51.8 Å². The molecule has 4 aliphatic rings. The van der Waals surface area contributed by atoms with E-state index in [1.807, 2.05) is 32.6 Å². The van der Waals surface area contributed by atoms with E-state index in [1.165, 1.54) is 12.7 Å². The maximum Gasteiger partial charge on any atom is 0.410 e. The monoisotopic (exact) mass is 543 g/mol. The van der Waals surface area contributed by atoms with Crippen LogP contribution in [0.3, 0.4) is 0 Å². The van der Waals surface area contributed by atoms with Crippen LogP contribution in [0.2, 0.25) is 0 Å². The number of carbonyl (C=O) groups excluding carboxylic acids is 4. The van der Waals surface area contributed by atoms with E-state index < -0.39 is 5.60 Å². The number of carbonyl (C=O) groups is 4. The highest BCUT2D eigenvalue weighted by atomic mass is 16.6. The summed E-state index contributed by atoms with van der Waals surface area (Å²) in [5, 5.41) is 0. The van der Waals surface area contributed by atoms with Crippen LogP contribution in [0.1, 0.15) is 74.1 Å². The maximum absolute atomic E-state index is 12.5. The van der Waals surface area contributed by atoms with Crippen LogP contribution in [0.4, 0.5) is 4.79 Å². The van der Waals surface area contributed by atoms with Crippen LogP contribution in [0.5, 0.6) is 0 Å². The van der Waals surface area contributed by atoms with Crippen molar-refractivity contribution < 1.29 is 38.1 Å². The van der Waals surface area contributed by atoms with Crippen LogP contribution in [0.15, 0.2) is 11.3 Å². The Morgan fingerprint density at radius 2 is 1.55 bits per heavy atom. The summed E-state index contributed by atoms with van der Waals surface area (Å²) in [7, 11) is 1.31. The van der Waals surface area contributed by atoms with Crippen molar-refractivity contribution in [1.29, 1.82) is 0 Å². The van der Waals surface area contributed by atoms with Gasteiger partial charge in [-0.1, -0.05) is 20.8 Å². The molecule has 3 aliphatic heterocycles. The molecular weight excluding hydrogens is 494 g/mol. The molecule has 0 aromatic carbocycles. The molecule has 1 aliphatic carbocycles. The number of rotatable bonds is 6. The van der Waals surface area contributed by atoms with Crippen molar-refractivity contribution in [2.24, 2.45) is 11.7 Å². The van der Waals surface area contributed by atoms with Gasteiger partial charge in [-0.3, -0.25) is 14.4 Å². The third-order valence-electron chi connectivity index (χ3n) is 5.27. The standard InChI is InChI=1S/C20H32N2O5.C4H10.C2H4O2.CH3NO/c1-14(25-13-15-5-6-16-12-17(15)26-16)11-18(23)21-7-9-22(10-8-21)19(24)27-20(2,3)4;1-4(2)3;1-4-2-3;2-1-3/h14,16H,5-13H2,1-4H3;4H,1-3H3;2H,1H3;1H,(H2,2,3). The lowest BCUT2D eigenvalue weighted by Crippen LogP contribution is -2.52. The molecule has 2 bridgehead atoms. The zero-order valence-electron chi connectivity index (χ0n) is 24.5. The summed E-state index contributed by atoms with van der Waals surface area (Å²) in [6.45, 7) is 17.0. The van der Waals surface area contributed by atoms with Gasteiger partial charge in [-0.15, -0.1) is 0 Å². The van der Waals surface area contributed by atoms with E-state index in [4.69, 9.17) is 23.8 Å². The molecule has 220 valence electrons. The van der Waals surface area contributed by atoms with Gasteiger partial charge in [0.25, 0.3) is 6.47 Å². The van der Waals surface area contributed by atoms with E-state index in [9.17, 15) is 9.59 Å². The molecule has 11 heteroatoms. The van der Waals surface area contributed by atoms with Gasteiger partial charge in [-0.05, 0) is 52.0 Å². The van der Waals surface area contributed by atoms with Crippen molar-refractivity contribution in [3.63, 3.8) is 0 Å². The van der Waals surface area contributed by atoms with Gasteiger partial charge in [0.1, 0.15) is 17.5 Å². The first kappa shape index (κ1) is 35.2. The molecule has 2 atom stereocenters. The number of ether oxygens (including phenoxy) is 4. The van der Waals surface area contributed by atoms with Crippen LogP contribution in [-0.2, 0) is 33.3 Å². The Morgan fingerprint density at radius 3 is 1.95 bits per heavy atom. The largest absolute Gasteiger partial charge is 0.494 e. The van der Waals surface area contributed by atoms with Gasteiger partial charge >= 0.3 is 6.09 Å². The van der Waals surface area contributed by atoms with Crippen LogP contribution < -0.4 is 5.73 Å². The van der Waals surface area contributed by atoms with Crippen molar-refractivity contribution in [3.8, 4) is 0 Å². The SMILES string of the molecule is CC(C)C.CC(CC(=O)N1CCN(C(=O)OC(C)(C)C)CC1)OCC1=C2CC(CC1)O2.COC=O.NC=O. The summed E-state index contributed by atoms with van der Waals surface area (Å²) >= 11 is 0. The first-order valence-corrected chi connectivity index (χ1v) is 13.1. The van der Waals surface area contributed by atoms with Crippen LogP contribution in [0, 0.1) is 5.92 Å². The van der Waals surface area contributed by atoms with Crippen LogP contribution in [0.25, 0.3) is 0 Å². The quantitative estimate of drug-likeness (QED) is 0.504. The second-order valence-electron chi connectivity index (χ2n) is 10.9. The molecule has 2 N–H and O–H groups in total. The van der Waals surface area contributed by atoms with E-state index >= 15 is 0 Å². The number of hydrogen-bond acceptors (Lipinski definition) is 8. The fourth-order valence-electron chi connectivity index (χ4n) is 3.56. The Balaban J connectivity index is 0.00000106. The average molecular weight is 544 g/mol. The smallest absolute Gasteiger partial charge is 0.410 e. The number of piperazine rings is 1. The highest BCUT2D eigenvalue weighted by Gasteiger charge is 2.33. The highest BCUT2D eigenvalue weighted by molar-refractivity contribution is 5.77. The first-order chi connectivity index (χ1) is 17.8. The zero-order chi connectivity index (χ0) is 29.3. The molecule has 3 amide bonds. The average Bonchev–Trinajstić information content (AvgIpc) is 2.81. The molecule has 2 saturated heterocycles. The maximum atomic E-state index is 12.5. The summed E-state index contributed by atoms with van der Waals surface area (Å²) in [6.07, 6.45) is 3.78. The van der Waals surface area contributed by atoms with Crippen molar-refractivity contribution in [3.05, 3.63) is 11.3 Å². The fourth-order valence-corrected chi connectivity index (χ4v) is 3.56. The number of amides is 3. The third-order valence-corrected chi connectivity index (χ3v) is 5.27. The predicted molar refractivity (Wildman–Crippen MR) is 144 cm³/mol. The van der Waals surface area contributed by atoms with Crippen molar-refractivity contribution in [2.75, 3.05) is 39.9 Å². The molecule has 0 saturated carbocycles. The van der Waals surface area contributed by atoms with E-state index in [0.717, 1.165) is 30.9 Å². The minimum atomic E-state index is -0.503. The Hall–Kier alpha value is -2.82. The van der Waals surface area contributed by atoms with E-state index in [2.05, 4.69) is 31.2 Å². The minimum Gasteiger partial charge on any atom is -0.494 e. The Labute approximate surface area is 227 Å². The molecule has 4 rings (SSSR count). The van der Waals surface area contributed by atoms with Gasteiger partial charge in [0.05, 0.1) is 26.2 Å². The number of primary amides is 1. The Morgan fingerprint density at radius 1 is 1.08 bits per heavy atom. The molecule has 0 aromatic heterocycles. The molecular formula is C27H49N3O8. The molecule has 2 unspecified atom stereocenters. The number of fused-ring (bicyclic) bond motifs is 2. The number of methoxy groups -OCH3 is 1. The van der Waals surface area contributed by atoms with Crippen LogP contribution in [-0.4, -0.2) is 92.4 Å². The summed E-state index contributed by atoms with van der Waals surface area (Å²) in [5.41, 5.74) is 4.92. The van der Waals surface area contributed by atoms with E-state index in [-0.39, 0.29) is 24.5 Å². The minimum absolute atomic E-state index is 0.0765. The highest BCUT2D eigenvalue weighted by Crippen LogP contribution is 2.38. The van der Waals surface area contributed by atoms with Crippen molar-refractivity contribution in [2.45, 2.75) is 92.0 Å². The van der Waals surface area contributed by atoms with E-state index in [1.54, 1.807) is 4.90 Å². The fraction of sp³-hybridized carbons (Fsp3) is 0.778. The summed E-state index contributed by atoms with van der Waals surface area (Å²) in [6, 6.07) is 0. The molecule has 3 heterocycles. The predicted octanol–water partition coefficient (Wildman–Crippen LogP) is 3.25. The summed E-state index contributed by atoms with van der Waals surface area (Å²) in [5.74, 6) is 2.01. The molecule has 11 nitrogen and oxygen atoms in total. The Kier molecular flexibility index (Phi) is 17.1. The molecule has 38 heavy (non-hydrogen) atoms. The van der Waals surface area contributed by atoms with Gasteiger partial charge in [0.15, 0.2) is 0 Å². The van der Waals surface area contributed by atoms with Crippen molar-refractivity contribution >= 4 is 24.9 Å². The molecule has 0 aromatic rings. The number of nitrogens with two attached hydrogens (primary N) is 1. The van der Waals surface area contributed by atoms with Gasteiger partial charge < -0.3 is 34.5 Å². The van der Waals surface area contributed by atoms with Gasteiger partial charge in [-0.2, -0.15) is 0 Å². The summed E-state index contributed by atoms with van der Waals surface area (Å²) < 4.78 is 20.8. The lowest BCUT2D eigenvalue weighted by atomic mass is 9.91. The lowest BCUT2D eigenvalue weighted by Gasteiger charge is -2.38. The zero-order valence-corrected chi connectivity index (χ0v) is 24.5. The van der Waals surface area contributed by atoms with Gasteiger partial charge in [-0.25, -0.2) is 4.79 Å². The topological polar surface area (TPSA) is 138 Å². The normalized spacial score (nSPS) is 18.5. The van der Waals surface area contributed by atoms with Gasteiger partial charge in [0.2, 0.25) is 12.3 Å². The number of nitrogens with zero attached hydrogens (tertiary/aromatic N) is 2. The first-order valence-electron chi connectivity index (χ1n) is 13.1. The van der Waals surface area contributed by atoms with Crippen molar-refractivity contribution in [1.82, 2.24) is 9.80 Å². The second-order valence-corrected chi connectivity index (χ2v) is 10.9.